The van der Waals surface area contributed by atoms with E-state index in [1.54, 1.807) is 48.5 Å². The van der Waals surface area contributed by atoms with E-state index in [1.807, 2.05) is 26.8 Å². The molecular formula is C27H27ClN2O5S. The molecule has 1 aliphatic heterocycles. The van der Waals surface area contributed by atoms with Crippen molar-refractivity contribution in [1.29, 1.82) is 0 Å². The number of fused-ring (bicyclic) bond motifs is 1. The van der Waals surface area contributed by atoms with E-state index >= 15 is 0 Å². The Morgan fingerprint density at radius 1 is 1.03 bits per heavy atom. The fourth-order valence-electron chi connectivity index (χ4n) is 3.94. The molecule has 0 fully saturated rings. The first-order chi connectivity index (χ1) is 16.8. The van der Waals surface area contributed by atoms with E-state index in [2.05, 4.69) is 5.32 Å². The Labute approximate surface area is 216 Å². The molecule has 0 radical (unpaired) electrons. The molecule has 0 saturated heterocycles. The smallest absolute Gasteiger partial charge is 0.267 e. The molecule has 0 aliphatic carbocycles. The second kappa shape index (κ2) is 9.59. The molecule has 1 N–H and O–H groups in total. The first-order valence-electron chi connectivity index (χ1n) is 11.3. The summed E-state index contributed by atoms with van der Waals surface area (Å²) in [5.74, 6) is -0.606. The standard InChI is InChI=1S/C27H27ClN2O5S/c1-27(2,3)18-10-13-23-22(14-18)30(36(4,33)34)16-24(35-23)26(32)29-21-12-11-19(28)15-20(21)25(31)17-8-6-5-7-9-17/h5-15,24H,16H2,1-4H3,(H,29,32). The fraction of sp³-hybridized carbons (Fsp3) is 0.259. The number of benzene rings is 3. The molecule has 3 aromatic rings. The minimum absolute atomic E-state index is 0.206. The topological polar surface area (TPSA) is 92.8 Å². The number of ketones is 1. The molecule has 0 saturated carbocycles. The summed E-state index contributed by atoms with van der Waals surface area (Å²) in [4.78, 5) is 26.4. The summed E-state index contributed by atoms with van der Waals surface area (Å²) >= 11 is 6.14. The Balaban J connectivity index is 1.65. The minimum Gasteiger partial charge on any atom is -0.476 e. The van der Waals surface area contributed by atoms with Crippen molar-refractivity contribution < 1.29 is 22.7 Å². The van der Waals surface area contributed by atoms with E-state index in [9.17, 15) is 18.0 Å². The third-order valence-corrected chi connectivity index (χ3v) is 7.29. The lowest BCUT2D eigenvalue weighted by Gasteiger charge is -2.35. The summed E-state index contributed by atoms with van der Waals surface area (Å²) < 4.78 is 32.4. The number of hydrogen-bond acceptors (Lipinski definition) is 5. The van der Waals surface area contributed by atoms with Crippen molar-refractivity contribution in [2.24, 2.45) is 0 Å². The zero-order chi connectivity index (χ0) is 26.3. The maximum atomic E-state index is 13.3. The predicted octanol–water partition coefficient (Wildman–Crippen LogP) is 5.03. The maximum Gasteiger partial charge on any atom is 0.267 e. The molecule has 0 aromatic heterocycles. The number of carbonyl (C=O) groups excluding carboxylic acids is 2. The molecule has 9 heteroatoms. The van der Waals surface area contributed by atoms with Crippen molar-refractivity contribution in [1.82, 2.24) is 0 Å². The summed E-state index contributed by atoms with van der Waals surface area (Å²) in [5, 5.41) is 3.07. The molecule has 1 aliphatic rings. The van der Waals surface area contributed by atoms with Crippen molar-refractivity contribution in [2.45, 2.75) is 32.3 Å². The number of carbonyl (C=O) groups is 2. The number of anilines is 2. The van der Waals surface area contributed by atoms with Crippen LogP contribution in [0.5, 0.6) is 5.75 Å². The van der Waals surface area contributed by atoms with Gasteiger partial charge in [0.2, 0.25) is 10.0 Å². The van der Waals surface area contributed by atoms with Gasteiger partial charge in [-0.15, -0.1) is 0 Å². The SMILES string of the molecule is CC(C)(C)c1ccc2c(c1)N(S(C)(=O)=O)CC(C(=O)Nc1ccc(Cl)cc1C(=O)c1ccccc1)O2. The van der Waals surface area contributed by atoms with Gasteiger partial charge < -0.3 is 10.1 Å². The van der Waals surface area contributed by atoms with Crippen molar-refractivity contribution in [2.75, 3.05) is 22.4 Å². The number of amides is 1. The molecule has 36 heavy (non-hydrogen) atoms. The van der Waals surface area contributed by atoms with Gasteiger partial charge in [-0.1, -0.05) is 68.8 Å². The lowest BCUT2D eigenvalue weighted by Crippen LogP contribution is -2.48. The molecule has 7 nitrogen and oxygen atoms in total. The van der Waals surface area contributed by atoms with Crippen LogP contribution in [0.4, 0.5) is 11.4 Å². The first kappa shape index (κ1) is 25.7. The first-order valence-corrected chi connectivity index (χ1v) is 13.6. The largest absolute Gasteiger partial charge is 0.476 e. The Bertz CT molecular complexity index is 1430. The van der Waals surface area contributed by atoms with Crippen LogP contribution in [0.2, 0.25) is 5.02 Å². The molecule has 0 spiro atoms. The van der Waals surface area contributed by atoms with Crippen molar-refractivity contribution >= 4 is 44.7 Å². The third-order valence-electron chi connectivity index (χ3n) is 5.91. The van der Waals surface area contributed by atoms with Gasteiger partial charge in [0.1, 0.15) is 5.75 Å². The van der Waals surface area contributed by atoms with Gasteiger partial charge in [-0.25, -0.2) is 8.42 Å². The van der Waals surface area contributed by atoms with Gasteiger partial charge in [0.05, 0.1) is 24.2 Å². The summed E-state index contributed by atoms with van der Waals surface area (Å²) in [6.45, 7) is 5.88. The average Bonchev–Trinajstić information content (AvgIpc) is 2.83. The highest BCUT2D eigenvalue weighted by atomic mass is 35.5. The monoisotopic (exact) mass is 526 g/mol. The number of halogens is 1. The molecule has 1 amide bonds. The molecule has 3 aromatic carbocycles. The van der Waals surface area contributed by atoms with Gasteiger partial charge in [0.15, 0.2) is 11.9 Å². The Hall–Kier alpha value is -3.36. The van der Waals surface area contributed by atoms with Crippen LogP contribution in [0.1, 0.15) is 42.3 Å². The lowest BCUT2D eigenvalue weighted by atomic mass is 9.86. The van der Waals surface area contributed by atoms with E-state index in [4.69, 9.17) is 16.3 Å². The van der Waals surface area contributed by atoms with Crippen LogP contribution in [0.3, 0.4) is 0 Å². The molecule has 4 rings (SSSR count). The number of nitrogens with zero attached hydrogens (tertiary/aromatic N) is 1. The van der Waals surface area contributed by atoms with Crippen LogP contribution in [-0.2, 0) is 20.2 Å². The molecular weight excluding hydrogens is 500 g/mol. The van der Waals surface area contributed by atoms with Crippen LogP contribution in [0, 0.1) is 0 Å². The quantitative estimate of drug-likeness (QED) is 0.470. The highest BCUT2D eigenvalue weighted by Crippen LogP contribution is 2.39. The number of sulfonamides is 1. The van der Waals surface area contributed by atoms with Gasteiger partial charge in [-0.3, -0.25) is 13.9 Å². The van der Waals surface area contributed by atoms with E-state index in [-0.39, 0.29) is 34.7 Å². The third kappa shape index (κ3) is 5.39. The van der Waals surface area contributed by atoms with Gasteiger partial charge in [-0.2, -0.15) is 0 Å². The normalized spacial score (nSPS) is 15.6. The number of ether oxygens (including phenoxy) is 1. The maximum absolute atomic E-state index is 13.3. The van der Waals surface area contributed by atoms with Crippen molar-refractivity contribution in [3.8, 4) is 5.75 Å². The Morgan fingerprint density at radius 3 is 2.36 bits per heavy atom. The van der Waals surface area contributed by atoms with Crippen molar-refractivity contribution in [3.05, 3.63) is 88.4 Å². The highest BCUT2D eigenvalue weighted by molar-refractivity contribution is 7.92. The highest BCUT2D eigenvalue weighted by Gasteiger charge is 2.36. The number of nitrogens with one attached hydrogen (secondary N) is 1. The average molecular weight is 527 g/mol. The van der Waals surface area contributed by atoms with E-state index < -0.39 is 22.0 Å². The zero-order valence-electron chi connectivity index (χ0n) is 20.4. The Morgan fingerprint density at radius 2 is 1.72 bits per heavy atom. The Kier molecular flexibility index (Phi) is 6.86. The molecule has 188 valence electrons. The van der Waals surface area contributed by atoms with E-state index in [1.165, 1.54) is 16.4 Å². The van der Waals surface area contributed by atoms with Gasteiger partial charge in [-0.05, 0) is 41.3 Å². The summed E-state index contributed by atoms with van der Waals surface area (Å²) in [7, 11) is -3.70. The zero-order valence-corrected chi connectivity index (χ0v) is 22.0. The van der Waals surface area contributed by atoms with Crippen LogP contribution < -0.4 is 14.4 Å². The minimum atomic E-state index is -3.70. The van der Waals surface area contributed by atoms with Crippen LogP contribution in [-0.4, -0.2) is 39.0 Å². The summed E-state index contributed by atoms with van der Waals surface area (Å²) in [5.41, 5.74) is 2.03. The van der Waals surface area contributed by atoms with Gasteiger partial charge in [0, 0.05) is 16.1 Å². The molecule has 1 atom stereocenters. The molecule has 1 heterocycles. The van der Waals surface area contributed by atoms with Crippen molar-refractivity contribution in [3.63, 3.8) is 0 Å². The molecule has 1 unspecified atom stereocenters. The summed E-state index contributed by atoms with van der Waals surface area (Å²) in [6.07, 6.45) is -0.0421. The second-order valence-corrected chi connectivity index (χ2v) is 12.1. The predicted molar refractivity (Wildman–Crippen MR) is 142 cm³/mol. The number of hydrogen-bond donors (Lipinski definition) is 1. The van der Waals surface area contributed by atoms with E-state index in [0.29, 0.717) is 16.3 Å². The van der Waals surface area contributed by atoms with E-state index in [0.717, 1.165) is 11.8 Å². The second-order valence-electron chi connectivity index (χ2n) is 9.71. The van der Waals surface area contributed by atoms with Gasteiger partial charge in [0.25, 0.3) is 5.91 Å². The fourth-order valence-corrected chi connectivity index (χ4v) is 5.02. The summed E-state index contributed by atoms with van der Waals surface area (Å²) in [6, 6.07) is 18.5. The van der Waals surface area contributed by atoms with Crippen LogP contribution in [0.15, 0.2) is 66.7 Å². The number of rotatable bonds is 5. The van der Waals surface area contributed by atoms with Crippen LogP contribution in [0.25, 0.3) is 0 Å². The van der Waals surface area contributed by atoms with Crippen LogP contribution >= 0.6 is 11.6 Å². The molecule has 0 bridgehead atoms. The lowest BCUT2D eigenvalue weighted by molar-refractivity contribution is -0.122. The van der Waals surface area contributed by atoms with Gasteiger partial charge >= 0.3 is 0 Å².